The molecule has 0 aromatic heterocycles. The molecule has 0 saturated heterocycles. The Morgan fingerprint density at radius 3 is 2.57 bits per heavy atom. The molecular formula is C14H12ClN3O2S. The lowest BCUT2D eigenvalue weighted by atomic mass is 10.2. The maximum atomic E-state index is 12.4. The number of anilines is 2. The van der Waals surface area contributed by atoms with Crippen molar-refractivity contribution < 1.29 is 8.42 Å². The molecule has 0 atom stereocenters. The average molecular weight is 322 g/mol. The van der Waals surface area contributed by atoms with Gasteiger partial charge in [0.25, 0.3) is 10.0 Å². The van der Waals surface area contributed by atoms with Crippen molar-refractivity contribution in [1.29, 1.82) is 5.26 Å². The summed E-state index contributed by atoms with van der Waals surface area (Å²) in [5.74, 6) is 0. The van der Waals surface area contributed by atoms with Gasteiger partial charge >= 0.3 is 0 Å². The fourth-order valence-electron chi connectivity index (χ4n) is 1.78. The summed E-state index contributed by atoms with van der Waals surface area (Å²) in [6, 6.07) is 10.9. The van der Waals surface area contributed by atoms with E-state index < -0.39 is 10.0 Å². The van der Waals surface area contributed by atoms with Crippen LogP contribution >= 0.6 is 11.6 Å². The van der Waals surface area contributed by atoms with Crippen LogP contribution in [0.25, 0.3) is 0 Å². The van der Waals surface area contributed by atoms with E-state index in [1.54, 1.807) is 18.2 Å². The Morgan fingerprint density at radius 1 is 1.24 bits per heavy atom. The largest absolute Gasteiger partial charge is 0.398 e. The third-order valence-electron chi connectivity index (χ3n) is 2.79. The SMILES string of the molecule is Cc1ccc(Cl)c(NS(=O)(=O)c2ccc(C#N)cc2N)c1. The van der Waals surface area contributed by atoms with Crippen LogP contribution < -0.4 is 10.5 Å². The standard InChI is InChI=1S/C14H12ClN3O2S/c1-9-2-4-11(15)13(6-9)18-21(19,20)14-5-3-10(8-16)7-12(14)17/h2-7,18H,17H2,1H3. The summed E-state index contributed by atoms with van der Waals surface area (Å²) < 4.78 is 27.1. The highest BCUT2D eigenvalue weighted by molar-refractivity contribution is 7.92. The zero-order valence-electron chi connectivity index (χ0n) is 11.1. The molecule has 3 N–H and O–H groups in total. The van der Waals surface area contributed by atoms with Crippen LogP contribution in [-0.4, -0.2) is 8.42 Å². The third-order valence-corrected chi connectivity index (χ3v) is 4.56. The number of nitrogens with two attached hydrogens (primary N) is 1. The minimum absolute atomic E-state index is 0.00493. The van der Waals surface area contributed by atoms with E-state index in [0.29, 0.717) is 5.56 Å². The van der Waals surface area contributed by atoms with Crippen LogP contribution in [0.15, 0.2) is 41.3 Å². The first-order chi connectivity index (χ1) is 9.83. The molecule has 0 saturated carbocycles. The second-order valence-electron chi connectivity index (χ2n) is 4.45. The molecule has 0 aliphatic carbocycles. The van der Waals surface area contributed by atoms with Gasteiger partial charge in [0.05, 0.1) is 28.0 Å². The molecule has 0 amide bonds. The molecule has 0 bridgehead atoms. The highest BCUT2D eigenvalue weighted by atomic mass is 35.5. The van der Waals surface area contributed by atoms with Gasteiger partial charge in [-0.15, -0.1) is 0 Å². The molecule has 108 valence electrons. The molecule has 0 spiro atoms. The van der Waals surface area contributed by atoms with Gasteiger partial charge in [-0.1, -0.05) is 17.7 Å². The summed E-state index contributed by atoms with van der Waals surface area (Å²) in [6.07, 6.45) is 0. The Bertz CT molecular complexity index is 842. The fourth-order valence-corrected chi connectivity index (χ4v) is 3.19. The molecule has 0 unspecified atom stereocenters. The van der Waals surface area contributed by atoms with Gasteiger partial charge in [-0.05, 0) is 42.8 Å². The highest BCUT2D eigenvalue weighted by Gasteiger charge is 2.19. The molecule has 0 aliphatic rings. The number of nitrogens with zero attached hydrogens (tertiary/aromatic N) is 1. The van der Waals surface area contributed by atoms with Crippen molar-refractivity contribution >= 4 is 33.0 Å². The first-order valence-electron chi connectivity index (χ1n) is 5.92. The van der Waals surface area contributed by atoms with E-state index in [2.05, 4.69) is 4.72 Å². The zero-order valence-corrected chi connectivity index (χ0v) is 12.7. The van der Waals surface area contributed by atoms with E-state index in [4.69, 9.17) is 22.6 Å². The van der Waals surface area contributed by atoms with E-state index in [-0.39, 0.29) is 21.3 Å². The molecule has 0 aliphatic heterocycles. The van der Waals surface area contributed by atoms with Crippen molar-refractivity contribution in [1.82, 2.24) is 0 Å². The number of nitrogen functional groups attached to an aromatic ring is 1. The fraction of sp³-hybridized carbons (Fsp3) is 0.0714. The molecular weight excluding hydrogens is 310 g/mol. The van der Waals surface area contributed by atoms with Gasteiger partial charge in [0.1, 0.15) is 4.90 Å². The molecule has 21 heavy (non-hydrogen) atoms. The number of benzene rings is 2. The monoisotopic (exact) mass is 321 g/mol. The van der Waals surface area contributed by atoms with Crippen LogP contribution in [0.1, 0.15) is 11.1 Å². The van der Waals surface area contributed by atoms with E-state index in [1.807, 2.05) is 13.0 Å². The van der Waals surface area contributed by atoms with Crippen LogP contribution in [0.3, 0.4) is 0 Å². The second kappa shape index (κ2) is 5.64. The molecule has 5 nitrogen and oxygen atoms in total. The normalized spacial score (nSPS) is 10.9. The number of nitrogens with one attached hydrogen (secondary N) is 1. The Morgan fingerprint density at radius 2 is 1.95 bits per heavy atom. The molecule has 0 fully saturated rings. The molecule has 0 heterocycles. The lowest BCUT2D eigenvalue weighted by molar-refractivity contribution is 0.601. The molecule has 2 aromatic carbocycles. The minimum Gasteiger partial charge on any atom is -0.398 e. The maximum Gasteiger partial charge on any atom is 0.263 e. The maximum absolute atomic E-state index is 12.4. The quantitative estimate of drug-likeness (QED) is 0.849. The lowest BCUT2D eigenvalue weighted by Crippen LogP contribution is -2.15. The number of halogens is 1. The van der Waals surface area contributed by atoms with Crippen molar-refractivity contribution in [3.8, 4) is 6.07 Å². The van der Waals surface area contributed by atoms with Crippen LogP contribution in [-0.2, 0) is 10.0 Å². The smallest absolute Gasteiger partial charge is 0.263 e. The van der Waals surface area contributed by atoms with Crippen LogP contribution in [0.5, 0.6) is 0 Å². The topological polar surface area (TPSA) is 96.0 Å². The van der Waals surface area contributed by atoms with Gasteiger partial charge in [-0.3, -0.25) is 4.72 Å². The van der Waals surface area contributed by atoms with Gasteiger partial charge in [0, 0.05) is 0 Å². The summed E-state index contributed by atoms with van der Waals surface area (Å²) in [7, 11) is -3.88. The predicted octanol–water partition coefficient (Wildman–Crippen LogP) is 2.90. The van der Waals surface area contributed by atoms with E-state index in [1.165, 1.54) is 18.2 Å². The van der Waals surface area contributed by atoms with E-state index >= 15 is 0 Å². The third kappa shape index (κ3) is 3.27. The van der Waals surface area contributed by atoms with Gasteiger partial charge in [0.2, 0.25) is 0 Å². The highest BCUT2D eigenvalue weighted by Crippen LogP contribution is 2.27. The van der Waals surface area contributed by atoms with Crippen LogP contribution in [0, 0.1) is 18.3 Å². The summed E-state index contributed by atoms with van der Waals surface area (Å²) in [4.78, 5) is -0.0981. The van der Waals surface area contributed by atoms with Gasteiger partial charge in [0.15, 0.2) is 0 Å². The van der Waals surface area contributed by atoms with E-state index in [9.17, 15) is 8.42 Å². The van der Waals surface area contributed by atoms with Gasteiger partial charge in [-0.2, -0.15) is 5.26 Å². The number of aryl methyl sites for hydroxylation is 1. The lowest BCUT2D eigenvalue weighted by Gasteiger charge is -2.12. The summed E-state index contributed by atoms with van der Waals surface area (Å²) in [5, 5.41) is 9.06. The van der Waals surface area contributed by atoms with E-state index in [0.717, 1.165) is 5.56 Å². The summed E-state index contributed by atoms with van der Waals surface area (Å²) in [6.45, 7) is 1.82. The minimum atomic E-state index is -3.88. The Labute approximate surface area is 128 Å². The molecule has 2 aromatic rings. The van der Waals surface area contributed by atoms with Crippen molar-refractivity contribution in [2.45, 2.75) is 11.8 Å². The van der Waals surface area contributed by atoms with Crippen molar-refractivity contribution in [3.63, 3.8) is 0 Å². The van der Waals surface area contributed by atoms with Crippen molar-refractivity contribution in [2.75, 3.05) is 10.5 Å². The average Bonchev–Trinajstić information content (AvgIpc) is 2.42. The first kappa shape index (κ1) is 15.2. The molecule has 2 rings (SSSR count). The zero-order chi connectivity index (χ0) is 15.6. The molecule has 7 heteroatoms. The first-order valence-corrected chi connectivity index (χ1v) is 7.78. The second-order valence-corrected chi connectivity index (χ2v) is 6.51. The number of sulfonamides is 1. The Hall–Kier alpha value is -2.23. The number of nitriles is 1. The summed E-state index contributed by atoms with van der Waals surface area (Å²) in [5.41, 5.74) is 7.14. The number of hydrogen-bond acceptors (Lipinski definition) is 4. The number of rotatable bonds is 3. The van der Waals surface area contributed by atoms with Crippen molar-refractivity contribution in [3.05, 3.63) is 52.5 Å². The predicted molar refractivity (Wildman–Crippen MR) is 82.6 cm³/mol. The summed E-state index contributed by atoms with van der Waals surface area (Å²) >= 11 is 5.98. The van der Waals surface area contributed by atoms with Gasteiger partial charge < -0.3 is 5.73 Å². The van der Waals surface area contributed by atoms with Crippen LogP contribution in [0.4, 0.5) is 11.4 Å². The molecule has 0 radical (unpaired) electrons. The van der Waals surface area contributed by atoms with Gasteiger partial charge in [-0.25, -0.2) is 8.42 Å². The van der Waals surface area contributed by atoms with Crippen LogP contribution in [0.2, 0.25) is 5.02 Å². The Balaban J connectivity index is 2.44. The van der Waals surface area contributed by atoms with Crippen molar-refractivity contribution in [2.24, 2.45) is 0 Å². The Kier molecular flexibility index (Phi) is 4.07. The number of hydrogen-bond donors (Lipinski definition) is 2.